The van der Waals surface area contributed by atoms with Gasteiger partial charge in [0.15, 0.2) is 11.5 Å². The van der Waals surface area contributed by atoms with Crippen molar-refractivity contribution in [2.75, 3.05) is 41.6 Å². The summed E-state index contributed by atoms with van der Waals surface area (Å²) in [4.78, 5) is 27.8. The number of ketones is 1. The maximum atomic E-state index is 13.3. The van der Waals surface area contributed by atoms with Crippen LogP contribution < -0.4 is 14.2 Å². The highest BCUT2D eigenvalue weighted by Gasteiger charge is 2.46. The summed E-state index contributed by atoms with van der Waals surface area (Å²) in [7, 11) is 6.04. The van der Waals surface area contributed by atoms with Crippen LogP contribution in [0.2, 0.25) is 0 Å². The second-order valence-corrected chi connectivity index (χ2v) is 9.26. The van der Waals surface area contributed by atoms with Crippen molar-refractivity contribution in [1.82, 2.24) is 4.90 Å². The van der Waals surface area contributed by atoms with E-state index in [2.05, 4.69) is 0 Å². The molecule has 8 heteroatoms. The molecule has 1 N–H and O–H groups in total. The number of aliphatic hydroxyl groups is 1. The number of benzene rings is 2. The Labute approximate surface area is 206 Å². The van der Waals surface area contributed by atoms with E-state index in [1.165, 1.54) is 33.3 Å². The van der Waals surface area contributed by atoms with Crippen molar-refractivity contribution in [3.63, 3.8) is 0 Å². The summed E-state index contributed by atoms with van der Waals surface area (Å²) in [5.41, 5.74) is 1.63. The van der Waals surface area contributed by atoms with Gasteiger partial charge in [-0.05, 0) is 40.8 Å². The van der Waals surface area contributed by atoms with Gasteiger partial charge in [-0.2, -0.15) is 0 Å². The molecule has 0 radical (unpaired) electrons. The smallest absolute Gasteiger partial charge is 0.295 e. The summed E-state index contributed by atoms with van der Waals surface area (Å²) in [6.07, 6.45) is 0. The number of methoxy groups -OCH3 is 4. The lowest BCUT2D eigenvalue weighted by atomic mass is 9.85. The van der Waals surface area contributed by atoms with Crippen LogP contribution in [0.3, 0.4) is 0 Å². The Bertz CT molecular complexity index is 1150. The third kappa shape index (κ3) is 4.98. The second kappa shape index (κ2) is 10.4. The number of rotatable bonds is 8. The normalized spacial score (nSPS) is 17.6. The molecule has 8 nitrogen and oxygen atoms in total. The van der Waals surface area contributed by atoms with Crippen LogP contribution in [-0.4, -0.2) is 63.3 Å². The zero-order chi connectivity index (χ0) is 25.9. The second-order valence-electron chi connectivity index (χ2n) is 9.26. The standard InChI is InChI=1S/C27H33NO7/c1-27(2,3)17-9-11-19(33-5)18(15-17)24(29)22-23(28(12-13-32-4)26(31)25(22)30)16-8-10-20(34-6)21(14-16)35-7/h8-11,14-15,23,29H,12-13H2,1-7H3/b24-22+. The number of hydrogen-bond acceptors (Lipinski definition) is 7. The monoisotopic (exact) mass is 483 g/mol. The number of likely N-dealkylation sites (tertiary alicyclic amines) is 1. The van der Waals surface area contributed by atoms with E-state index in [0.29, 0.717) is 28.4 Å². The minimum atomic E-state index is -0.854. The molecule has 0 bridgehead atoms. The first-order chi connectivity index (χ1) is 16.6. The van der Waals surface area contributed by atoms with Gasteiger partial charge in [0.1, 0.15) is 11.5 Å². The molecule has 3 rings (SSSR count). The van der Waals surface area contributed by atoms with Crippen LogP contribution in [-0.2, 0) is 19.7 Å². The fraction of sp³-hybridized carbons (Fsp3) is 0.407. The van der Waals surface area contributed by atoms with Crippen molar-refractivity contribution in [1.29, 1.82) is 0 Å². The zero-order valence-electron chi connectivity index (χ0n) is 21.3. The van der Waals surface area contributed by atoms with Crippen LogP contribution in [0, 0.1) is 0 Å². The molecule has 1 aliphatic rings. The largest absolute Gasteiger partial charge is 0.507 e. The Kier molecular flexibility index (Phi) is 7.75. The molecular formula is C27H33NO7. The van der Waals surface area contributed by atoms with E-state index in [-0.39, 0.29) is 29.9 Å². The van der Waals surface area contributed by atoms with Crippen LogP contribution in [0.1, 0.15) is 43.5 Å². The molecule has 1 heterocycles. The minimum absolute atomic E-state index is 0.0253. The first-order valence-corrected chi connectivity index (χ1v) is 11.3. The van der Waals surface area contributed by atoms with E-state index in [9.17, 15) is 14.7 Å². The third-order valence-electron chi connectivity index (χ3n) is 6.12. The lowest BCUT2D eigenvalue weighted by Gasteiger charge is -2.26. The van der Waals surface area contributed by atoms with Crippen molar-refractivity contribution < 1.29 is 33.6 Å². The quantitative estimate of drug-likeness (QED) is 0.343. The molecule has 1 saturated heterocycles. The molecule has 2 aromatic carbocycles. The van der Waals surface area contributed by atoms with Gasteiger partial charge in [-0.15, -0.1) is 0 Å². The van der Waals surface area contributed by atoms with Crippen LogP contribution in [0.4, 0.5) is 0 Å². The van der Waals surface area contributed by atoms with Gasteiger partial charge in [0.05, 0.1) is 45.1 Å². The average molecular weight is 484 g/mol. The Hall–Kier alpha value is -3.52. The summed E-state index contributed by atoms with van der Waals surface area (Å²) in [5, 5.41) is 11.5. The molecule has 1 amide bonds. The van der Waals surface area contributed by atoms with Crippen LogP contribution in [0.15, 0.2) is 42.0 Å². The predicted octanol–water partition coefficient (Wildman–Crippen LogP) is 4.08. The SMILES string of the molecule is COCCN1C(=O)C(=O)/C(=C(/O)c2cc(C(C)(C)C)ccc2OC)C1c1ccc(OC)c(OC)c1. The van der Waals surface area contributed by atoms with Gasteiger partial charge in [0, 0.05) is 13.7 Å². The topological polar surface area (TPSA) is 94.5 Å². The Morgan fingerprint density at radius 3 is 2.11 bits per heavy atom. The number of amides is 1. The van der Waals surface area contributed by atoms with Crippen molar-refractivity contribution in [2.24, 2.45) is 0 Å². The van der Waals surface area contributed by atoms with E-state index in [0.717, 1.165) is 5.56 Å². The van der Waals surface area contributed by atoms with Crippen LogP contribution >= 0.6 is 0 Å². The number of hydrogen-bond donors (Lipinski definition) is 1. The number of nitrogens with zero attached hydrogens (tertiary/aromatic N) is 1. The summed E-state index contributed by atoms with van der Waals surface area (Å²) in [6, 6.07) is 9.75. The summed E-state index contributed by atoms with van der Waals surface area (Å²) >= 11 is 0. The van der Waals surface area contributed by atoms with Crippen LogP contribution in [0.25, 0.3) is 5.76 Å². The highest BCUT2D eigenvalue weighted by atomic mass is 16.5. The molecule has 1 fully saturated rings. The lowest BCUT2D eigenvalue weighted by molar-refractivity contribution is -0.140. The van der Waals surface area contributed by atoms with E-state index in [1.807, 2.05) is 26.8 Å². The first kappa shape index (κ1) is 26.1. The first-order valence-electron chi connectivity index (χ1n) is 11.3. The highest BCUT2D eigenvalue weighted by Crippen LogP contribution is 2.43. The van der Waals surface area contributed by atoms with Gasteiger partial charge < -0.3 is 29.0 Å². The van der Waals surface area contributed by atoms with Crippen molar-refractivity contribution in [2.45, 2.75) is 32.2 Å². The Morgan fingerprint density at radius 1 is 0.914 bits per heavy atom. The van der Waals surface area contributed by atoms with Gasteiger partial charge in [0.25, 0.3) is 11.7 Å². The molecule has 0 aromatic heterocycles. The number of aliphatic hydroxyl groups excluding tert-OH is 1. The molecule has 2 aromatic rings. The average Bonchev–Trinajstić information content (AvgIpc) is 3.10. The highest BCUT2D eigenvalue weighted by molar-refractivity contribution is 6.46. The van der Waals surface area contributed by atoms with Gasteiger partial charge in [-0.3, -0.25) is 9.59 Å². The van der Waals surface area contributed by atoms with Gasteiger partial charge in [0.2, 0.25) is 0 Å². The van der Waals surface area contributed by atoms with Gasteiger partial charge in [-0.1, -0.05) is 32.9 Å². The van der Waals surface area contributed by atoms with E-state index < -0.39 is 17.7 Å². The molecule has 0 saturated carbocycles. The molecule has 1 atom stereocenters. The lowest BCUT2D eigenvalue weighted by Crippen LogP contribution is -2.32. The summed E-state index contributed by atoms with van der Waals surface area (Å²) in [6.45, 7) is 6.53. The fourth-order valence-corrected chi connectivity index (χ4v) is 4.17. The molecule has 35 heavy (non-hydrogen) atoms. The summed E-state index contributed by atoms with van der Waals surface area (Å²) < 4.78 is 21.4. The maximum absolute atomic E-state index is 13.3. The number of ether oxygens (including phenoxy) is 4. The molecular weight excluding hydrogens is 450 g/mol. The number of carbonyl (C=O) groups is 2. The van der Waals surface area contributed by atoms with Crippen molar-refractivity contribution in [3.05, 3.63) is 58.7 Å². The zero-order valence-corrected chi connectivity index (χ0v) is 21.3. The van der Waals surface area contributed by atoms with Crippen molar-refractivity contribution in [3.8, 4) is 17.2 Å². The summed E-state index contributed by atoms with van der Waals surface area (Å²) in [5.74, 6) is -0.453. The Morgan fingerprint density at radius 2 is 1.54 bits per heavy atom. The van der Waals surface area contributed by atoms with Gasteiger partial charge in [-0.25, -0.2) is 0 Å². The van der Waals surface area contributed by atoms with E-state index in [1.54, 1.807) is 30.3 Å². The Balaban J connectivity index is 2.28. The van der Waals surface area contributed by atoms with Crippen LogP contribution in [0.5, 0.6) is 17.2 Å². The van der Waals surface area contributed by atoms with Gasteiger partial charge >= 0.3 is 0 Å². The number of carbonyl (C=O) groups excluding carboxylic acids is 2. The minimum Gasteiger partial charge on any atom is -0.507 e. The van der Waals surface area contributed by atoms with E-state index >= 15 is 0 Å². The maximum Gasteiger partial charge on any atom is 0.295 e. The number of Topliss-reactive ketones (excluding diaryl/α,β-unsaturated/α-hetero) is 1. The van der Waals surface area contributed by atoms with Crippen molar-refractivity contribution >= 4 is 17.4 Å². The third-order valence-corrected chi connectivity index (χ3v) is 6.12. The molecule has 1 aliphatic heterocycles. The predicted molar refractivity (Wildman–Crippen MR) is 132 cm³/mol. The molecule has 1 unspecified atom stereocenters. The molecule has 0 spiro atoms. The fourth-order valence-electron chi connectivity index (χ4n) is 4.17. The molecule has 188 valence electrons. The molecule has 0 aliphatic carbocycles. The van der Waals surface area contributed by atoms with E-state index in [4.69, 9.17) is 18.9 Å².